The first-order valence-electron chi connectivity index (χ1n) is 11.8. The fourth-order valence-corrected chi connectivity index (χ4v) is 5.39. The minimum absolute atomic E-state index is 0.0786. The summed E-state index contributed by atoms with van der Waals surface area (Å²) in [5, 5.41) is 0.340. The number of anilines is 1. The summed E-state index contributed by atoms with van der Waals surface area (Å²) in [5.74, 6) is -0.0906. The van der Waals surface area contributed by atoms with Gasteiger partial charge in [0.05, 0.1) is 16.1 Å². The van der Waals surface area contributed by atoms with Crippen LogP contribution in [0.5, 0.6) is 5.75 Å². The molecule has 36 heavy (non-hydrogen) atoms. The summed E-state index contributed by atoms with van der Waals surface area (Å²) >= 11 is 12.0. The molecule has 1 fully saturated rings. The van der Waals surface area contributed by atoms with Crippen LogP contribution in [-0.2, 0) is 30.9 Å². The van der Waals surface area contributed by atoms with Crippen LogP contribution in [0.1, 0.15) is 32.3 Å². The zero-order chi connectivity index (χ0) is 26.3. The molecule has 11 heteroatoms. The van der Waals surface area contributed by atoms with E-state index in [1.165, 1.54) is 25.3 Å². The smallest absolute Gasteiger partial charge is 0.339 e. The normalized spacial score (nSPS) is 15.6. The molecule has 198 valence electrons. The lowest BCUT2D eigenvalue weighted by atomic mass is 10.1. The van der Waals surface area contributed by atoms with E-state index in [0.717, 1.165) is 31.6 Å². The number of hydrogen-bond donors (Lipinski definition) is 0. The average Bonchev–Trinajstić information content (AvgIpc) is 3.35. The SMILES string of the molecule is CCN(CC)c1ccc(CN(CC2CCCO2)C(=O)COC)c(OS(=O)(=O)c2ccc(Cl)c(Cl)c2)c1. The van der Waals surface area contributed by atoms with Gasteiger partial charge in [-0.1, -0.05) is 29.3 Å². The Bertz CT molecular complexity index is 1150. The van der Waals surface area contributed by atoms with E-state index in [0.29, 0.717) is 18.7 Å². The van der Waals surface area contributed by atoms with Crippen molar-refractivity contribution < 1.29 is 26.9 Å². The second-order valence-corrected chi connectivity index (χ2v) is 10.8. The van der Waals surface area contributed by atoms with Crippen molar-refractivity contribution >= 4 is 44.9 Å². The highest BCUT2D eigenvalue weighted by Gasteiger charge is 2.26. The molecule has 3 rings (SSSR count). The molecule has 1 aliphatic rings. The van der Waals surface area contributed by atoms with Gasteiger partial charge in [-0.3, -0.25) is 4.79 Å². The minimum atomic E-state index is -4.23. The van der Waals surface area contributed by atoms with E-state index in [1.807, 2.05) is 19.9 Å². The summed E-state index contributed by atoms with van der Waals surface area (Å²) in [6, 6.07) is 9.35. The standard InChI is InChI=1S/C25H32Cl2N2O6S/c1-4-28(5-2)19-9-8-18(15-29(25(30)17-33-3)16-20-7-6-12-34-20)24(13-19)35-36(31,32)21-10-11-22(26)23(27)14-21/h8-11,13-14,20H,4-7,12,15-17H2,1-3H3. The number of carbonyl (C=O) groups is 1. The van der Waals surface area contributed by atoms with Crippen LogP contribution in [-0.4, -0.2) is 65.3 Å². The summed E-state index contributed by atoms with van der Waals surface area (Å²) in [5.41, 5.74) is 1.34. The van der Waals surface area contributed by atoms with Crippen LogP contribution in [0, 0.1) is 0 Å². The molecule has 0 radical (unpaired) electrons. The van der Waals surface area contributed by atoms with Crippen molar-refractivity contribution in [1.29, 1.82) is 0 Å². The maximum absolute atomic E-state index is 13.2. The molecule has 1 atom stereocenters. The predicted molar refractivity (Wildman–Crippen MR) is 141 cm³/mol. The molecule has 2 aromatic carbocycles. The Morgan fingerprint density at radius 3 is 2.47 bits per heavy atom. The van der Waals surface area contributed by atoms with Gasteiger partial charge in [0.25, 0.3) is 0 Å². The highest BCUT2D eigenvalue weighted by atomic mass is 35.5. The van der Waals surface area contributed by atoms with Crippen LogP contribution in [0.25, 0.3) is 0 Å². The van der Waals surface area contributed by atoms with Crippen molar-refractivity contribution in [3.05, 3.63) is 52.0 Å². The van der Waals surface area contributed by atoms with Crippen LogP contribution in [0.4, 0.5) is 5.69 Å². The van der Waals surface area contributed by atoms with Gasteiger partial charge in [0.1, 0.15) is 17.3 Å². The lowest BCUT2D eigenvalue weighted by Gasteiger charge is -2.27. The number of amides is 1. The molecule has 1 heterocycles. The Labute approximate surface area is 223 Å². The Kier molecular flexibility index (Phi) is 10.3. The summed E-state index contributed by atoms with van der Waals surface area (Å²) in [6.07, 6.45) is 1.71. The van der Waals surface area contributed by atoms with E-state index in [2.05, 4.69) is 4.90 Å². The molecule has 8 nitrogen and oxygen atoms in total. The zero-order valence-corrected chi connectivity index (χ0v) is 23.0. The van der Waals surface area contributed by atoms with Gasteiger partial charge >= 0.3 is 10.1 Å². The molecule has 0 N–H and O–H groups in total. The van der Waals surface area contributed by atoms with Crippen LogP contribution in [0.2, 0.25) is 10.0 Å². The molecule has 2 aromatic rings. The van der Waals surface area contributed by atoms with Crippen LogP contribution in [0.3, 0.4) is 0 Å². The first kappa shape index (κ1) is 28.5. The number of rotatable bonds is 12. The number of halogens is 2. The van der Waals surface area contributed by atoms with Gasteiger partial charge in [0.2, 0.25) is 5.91 Å². The van der Waals surface area contributed by atoms with Crippen LogP contribution in [0.15, 0.2) is 41.3 Å². The molecule has 1 amide bonds. The first-order chi connectivity index (χ1) is 17.2. The molecule has 1 aliphatic heterocycles. The third-order valence-corrected chi connectivity index (χ3v) is 7.96. The van der Waals surface area contributed by atoms with Crippen molar-refractivity contribution in [3.8, 4) is 5.75 Å². The van der Waals surface area contributed by atoms with E-state index in [-0.39, 0.29) is 45.9 Å². The average molecular weight is 560 g/mol. The second-order valence-electron chi connectivity index (χ2n) is 8.42. The molecule has 0 aliphatic carbocycles. The fourth-order valence-electron chi connectivity index (χ4n) is 4.04. The van der Waals surface area contributed by atoms with Gasteiger partial charge in [-0.15, -0.1) is 0 Å². The zero-order valence-electron chi connectivity index (χ0n) is 20.7. The van der Waals surface area contributed by atoms with E-state index in [1.54, 1.807) is 17.0 Å². The molecule has 1 saturated heterocycles. The van der Waals surface area contributed by atoms with Gasteiger partial charge in [0.15, 0.2) is 0 Å². The van der Waals surface area contributed by atoms with E-state index < -0.39 is 10.1 Å². The van der Waals surface area contributed by atoms with Gasteiger partial charge < -0.3 is 23.5 Å². The lowest BCUT2D eigenvalue weighted by molar-refractivity contribution is -0.137. The van der Waals surface area contributed by atoms with Crippen molar-refractivity contribution in [2.24, 2.45) is 0 Å². The van der Waals surface area contributed by atoms with E-state index >= 15 is 0 Å². The number of benzene rings is 2. The molecule has 0 bridgehead atoms. The number of carbonyl (C=O) groups excluding carboxylic acids is 1. The summed E-state index contributed by atoms with van der Waals surface area (Å²) in [6.45, 7) is 6.55. The molecule has 0 aromatic heterocycles. The predicted octanol–water partition coefficient (Wildman–Crippen LogP) is 4.76. The third-order valence-electron chi connectivity index (χ3n) is 5.99. The Hall–Kier alpha value is -2.04. The van der Waals surface area contributed by atoms with Gasteiger partial charge in [-0.05, 0) is 51.0 Å². The summed E-state index contributed by atoms with van der Waals surface area (Å²) in [7, 11) is -2.78. The Morgan fingerprint density at radius 1 is 1.11 bits per heavy atom. The van der Waals surface area contributed by atoms with E-state index in [9.17, 15) is 13.2 Å². The summed E-state index contributed by atoms with van der Waals surface area (Å²) < 4.78 is 42.8. The Morgan fingerprint density at radius 2 is 1.86 bits per heavy atom. The van der Waals surface area contributed by atoms with Gasteiger partial charge in [0, 0.05) is 57.2 Å². The molecule has 1 unspecified atom stereocenters. The molecular weight excluding hydrogens is 527 g/mol. The van der Waals surface area contributed by atoms with Crippen LogP contribution >= 0.6 is 23.2 Å². The third kappa shape index (κ3) is 7.26. The van der Waals surface area contributed by atoms with Gasteiger partial charge in [-0.2, -0.15) is 8.42 Å². The number of ether oxygens (including phenoxy) is 2. The highest BCUT2D eigenvalue weighted by molar-refractivity contribution is 7.87. The maximum atomic E-state index is 13.2. The fraction of sp³-hybridized carbons (Fsp3) is 0.480. The minimum Gasteiger partial charge on any atom is -0.379 e. The molecular formula is C25H32Cl2N2O6S. The number of nitrogens with zero attached hydrogens (tertiary/aromatic N) is 2. The Balaban J connectivity index is 1.98. The largest absolute Gasteiger partial charge is 0.379 e. The molecule has 0 spiro atoms. The first-order valence-corrected chi connectivity index (χ1v) is 14.0. The monoisotopic (exact) mass is 558 g/mol. The summed E-state index contributed by atoms with van der Waals surface area (Å²) in [4.78, 5) is 16.4. The van der Waals surface area contributed by atoms with Gasteiger partial charge in [-0.25, -0.2) is 0 Å². The number of hydrogen-bond acceptors (Lipinski definition) is 7. The lowest BCUT2D eigenvalue weighted by Crippen LogP contribution is -2.39. The van der Waals surface area contributed by atoms with Crippen molar-refractivity contribution in [3.63, 3.8) is 0 Å². The van der Waals surface area contributed by atoms with Crippen LogP contribution < -0.4 is 9.08 Å². The van der Waals surface area contributed by atoms with Crippen molar-refractivity contribution in [1.82, 2.24) is 4.90 Å². The quantitative estimate of drug-likeness (QED) is 0.347. The number of methoxy groups -OCH3 is 1. The van der Waals surface area contributed by atoms with Crippen molar-refractivity contribution in [2.45, 2.75) is 44.2 Å². The van der Waals surface area contributed by atoms with E-state index in [4.69, 9.17) is 36.9 Å². The van der Waals surface area contributed by atoms with Crippen molar-refractivity contribution in [2.75, 3.05) is 44.9 Å². The highest BCUT2D eigenvalue weighted by Crippen LogP contribution is 2.32. The molecule has 0 saturated carbocycles. The maximum Gasteiger partial charge on any atom is 0.339 e. The second kappa shape index (κ2) is 13.0. The topological polar surface area (TPSA) is 85.4 Å².